The number of benzene rings is 1. The van der Waals surface area contributed by atoms with E-state index in [0.717, 1.165) is 11.8 Å². The summed E-state index contributed by atoms with van der Waals surface area (Å²) in [4.78, 5) is 0. The molecule has 0 N–H and O–H groups in total. The molecule has 0 radical (unpaired) electrons. The summed E-state index contributed by atoms with van der Waals surface area (Å²) in [5.41, 5.74) is 0.921. The van der Waals surface area contributed by atoms with E-state index in [1.807, 2.05) is 0 Å². The van der Waals surface area contributed by atoms with Crippen LogP contribution in [0.2, 0.25) is 5.02 Å². The van der Waals surface area contributed by atoms with Crippen LogP contribution in [0.15, 0.2) is 18.2 Å². The fraction of sp³-hybridized carbons (Fsp3) is 0.500. The van der Waals surface area contributed by atoms with Gasteiger partial charge in [0.2, 0.25) is 0 Å². The first-order valence-electron chi connectivity index (χ1n) is 5.16. The highest BCUT2D eigenvalue weighted by molar-refractivity contribution is 9.09. The molecule has 1 aliphatic carbocycles. The average molecular weight is 292 g/mol. The minimum atomic E-state index is -0.172. The van der Waals surface area contributed by atoms with Crippen molar-refractivity contribution in [2.24, 2.45) is 5.41 Å². The van der Waals surface area contributed by atoms with E-state index in [2.05, 4.69) is 15.9 Å². The van der Waals surface area contributed by atoms with Gasteiger partial charge in [-0.05, 0) is 36.8 Å². The SMILES string of the molecule is Fc1cccc(Cl)c1CC1(CBr)CCC1. The predicted molar refractivity (Wildman–Crippen MR) is 65.2 cm³/mol. The minimum absolute atomic E-state index is 0.172. The molecule has 1 fully saturated rings. The van der Waals surface area contributed by atoms with Crippen LogP contribution in [-0.2, 0) is 6.42 Å². The van der Waals surface area contributed by atoms with Crippen molar-refractivity contribution in [2.45, 2.75) is 25.7 Å². The molecule has 82 valence electrons. The first-order chi connectivity index (χ1) is 7.17. The zero-order chi connectivity index (χ0) is 10.9. The van der Waals surface area contributed by atoms with Crippen LogP contribution in [0.4, 0.5) is 4.39 Å². The molecule has 0 heterocycles. The van der Waals surface area contributed by atoms with E-state index in [4.69, 9.17) is 11.6 Å². The van der Waals surface area contributed by atoms with Gasteiger partial charge in [-0.1, -0.05) is 40.0 Å². The van der Waals surface area contributed by atoms with Gasteiger partial charge in [0, 0.05) is 15.9 Å². The highest BCUT2D eigenvalue weighted by atomic mass is 79.9. The Morgan fingerprint density at radius 1 is 1.40 bits per heavy atom. The summed E-state index contributed by atoms with van der Waals surface area (Å²) in [5, 5.41) is 1.49. The molecule has 0 nitrogen and oxygen atoms in total. The Kier molecular flexibility index (Phi) is 3.36. The first kappa shape index (κ1) is 11.4. The van der Waals surface area contributed by atoms with Crippen molar-refractivity contribution in [3.8, 4) is 0 Å². The fourth-order valence-corrected chi connectivity index (χ4v) is 3.10. The lowest BCUT2D eigenvalue weighted by Crippen LogP contribution is -2.33. The van der Waals surface area contributed by atoms with Crippen LogP contribution < -0.4 is 0 Å². The van der Waals surface area contributed by atoms with Gasteiger partial charge in [0.25, 0.3) is 0 Å². The Morgan fingerprint density at radius 3 is 2.60 bits per heavy atom. The fourth-order valence-electron chi connectivity index (χ4n) is 2.11. The summed E-state index contributed by atoms with van der Waals surface area (Å²) in [6.45, 7) is 0. The van der Waals surface area contributed by atoms with E-state index in [0.29, 0.717) is 10.6 Å². The van der Waals surface area contributed by atoms with Gasteiger partial charge in [0.05, 0.1) is 0 Å². The molecule has 1 aromatic carbocycles. The molecule has 0 aliphatic heterocycles. The van der Waals surface area contributed by atoms with Crippen molar-refractivity contribution in [1.29, 1.82) is 0 Å². The van der Waals surface area contributed by atoms with Crippen LogP contribution >= 0.6 is 27.5 Å². The summed E-state index contributed by atoms with van der Waals surface area (Å²) in [5.74, 6) is -0.172. The Hall–Kier alpha value is -0.0800. The molecule has 2 rings (SSSR count). The quantitative estimate of drug-likeness (QED) is 0.715. The molecule has 0 atom stereocenters. The van der Waals surface area contributed by atoms with Gasteiger partial charge in [-0.25, -0.2) is 4.39 Å². The summed E-state index contributed by atoms with van der Waals surface area (Å²) < 4.78 is 13.6. The van der Waals surface area contributed by atoms with Crippen molar-refractivity contribution in [2.75, 3.05) is 5.33 Å². The third-order valence-corrected chi connectivity index (χ3v) is 4.85. The molecule has 1 aromatic rings. The second-order valence-electron chi connectivity index (χ2n) is 4.36. The van der Waals surface area contributed by atoms with E-state index in [1.54, 1.807) is 12.1 Å². The van der Waals surface area contributed by atoms with Crippen molar-refractivity contribution >= 4 is 27.5 Å². The van der Waals surface area contributed by atoms with Gasteiger partial charge >= 0.3 is 0 Å². The standard InChI is InChI=1S/C12H13BrClF/c13-8-12(5-2-6-12)7-9-10(14)3-1-4-11(9)15/h1,3-4H,2,5-8H2. The Morgan fingerprint density at radius 2 is 2.13 bits per heavy atom. The molecular weight excluding hydrogens is 278 g/mol. The van der Waals surface area contributed by atoms with Gasteiger partial charge in [0.15, 0.2) is 0 Å². The van der Waals surface area contributed by atoms with Crippen LogP contribution in [0.25, 0.3) is 0 Å². The molecule has 1 aliphatic rings. The molecule has 0 aromatic heterocycles. The molecule has 0 bridgehead atoms. The monoisotopic (exact) mass is 290 g/mol. The summed E-state index contributed by atoms with van der Waals surface area (Å²) >= 11 is 9.54. The number of alkyl halides is 1. The molecule has 0 unspecified atom stereocenters. The van der Waals surface area contributed by atoms with Crippen molar-refractivity contribution in [3.05, 3.63) is 34.6 Å². The Labute approximate surface area is 103 Å². The van der Waals surface area contributed by atoms with Gasteiger partial charge in [-0.2, -0.15) is 0 Å². The Bertz CT molecular complexity index is 335. The van der Waals surface area contributed by atoms with Gasteiger partial charge < -0.3 is 0 Å². The normalized spacial score (nSPS) is 18.6. The number of hydrogen-bond acceptors (Lipinski definition) is 0. The molecule has 15 heavy (non-hydrogen) atoms. The number of halogens is 3. The van der Waals surface area contributed by atoms with Crippen LogP contribution in [0.3, 0.4) is 0 Å². The van der Waals surface area contributed by atoms with Gasteiger partial charge in [-0.3, -0.25) is 0 Å². The molecule has 0 saturated heterocycles. The number of rotatable bonds is 3. The lowest BCUT2D eigenvalue weighted by atomic mass is 9.67. The van der Waals surface area contributed by atoms with Gasteiger partial charge in [-0.15, -0.1) is 0 Å². The molecule has 1 saturated carbocycles. The lowest BCUT2D eigenvalue weighted by molar-refractivity contribution is 0.168. The number of hydrogen-bond donors (Lipinski definition) is 0. The maximum atomic E-state index is 13.6. The first-order valence-corrected chi connectivity index (χ1v) is 6.66. The predicted octanol–water partition coefficient (Wildman–Crippen LogP) is 4.59. The topological polar surface area (TPSA) is 0 Å². The van der Waals surface area contributed by atoms with E-state index in [1.165, 1.54) is 25.3 Å². The third kappa shape index (κ3) is 2.21. The minimum Gasteiger partial charge on any atom is -0.207 e. The van der Waals surface area contributed by atoms with Gasteiger partial charge in [0.1, 0.15) is 5.82 Å². The van der Waals surface area contributed by atoms with Crippen LogP contribution in [0.5, 0.6) is 0 Å². The van der Waals surface area contributed by atoms with E-state index < -0.39 is 0 Å². The summed E-state index contributed by atoms with van der Waals surface area (Å²) in [6, 6.07) is 4.91. The highest BCUT2D eigenvalue weighted by Crippen LogP contribution is 2.46. The van der Waals surface area contributed by atoms with Crippen molar-refractivity contribution in [3.63, 3.8) is 0 Å². The van der Waals surface area contributed by atoms with E-state index in [9.17, 15) is 4.39 Å². The van der Waals surface area contributed by atoms with Crippen LogP contribution in [0, 0.1) is 11.2 Å². The zero-order valence-corrected chi connectivity index (χ0v) is 10.7. The Balaban J connectivity index is 2.23. The van der Waals surface area contributed by atoms with Crippen LogP contribution in [0.1, 0.15) is 24.8 Å². The average Bonchev–Trinajstić information content (AvgIpc) is 2.15. The lowest BCUT2D eigenvalue weighted by Gasteiger charge is -2.41. The zero-order valence-electron chi connectivity index (χ0n) is 8.40. The maximum Gasteiger partial charge on any atom is 0.127 e. The summed E-state index contributed by atoms with van der Waals surface area (Å²) in [6.07, 6.45) is 4.34. The van der Waals surface area contributed by atoms with E-state index >= 15 is 0 Å². The maximum absolute atomic E-state index is 13.6. The van der Waals surface area contributed by atoms with Crippen molar-refractivity contribution in [1.82, 2.24) is 0 Å². The summed E-state index contributed by atoms with van der Waals surface area (Å²) in [7, 11) is 0. The molecule has 0 spiro atoms. The molecule has 3 heteroatoms. The molecule has 0 amide bonds. The molecular formula is C12H13BrClF. The largest absolute Gasteiger partial charge is 0.207 e. The highest BCUT2D eigenvalue weighted by Gasteiger charge is 2.36. The van der Waals surface area contributed by atoms with Crippen LogP contribution in [-0.4, -0.2) is 5.33 Å². The van der Waals surface area contributed by atoms with Crippen molar-refractivity contribution < 1.29 is 4.39 Å². The second-order valence-corrected chi connectivity index (χ2v) is 5.33. The third-order valence-electron chi connectivity index (χ3n) is 3.31. The second kappa shape index (κ2) is 4.42. The van der Waals surface area contributed by atoms with E-state index in [-0.39, 0.29) is 11.2 Å². The smallest absolute Gasteiger partial charge is 0.127 e.